The van der Waals surface area contributed by atoms with Gasteiger partial charge in [0.1, 0.15) is 0 Å². The van der Waals surface area contributed by atoms with E-state index in [2.05, 4.69) is 277 Å². The topological polar surface area (TPSA) is 166 Å². The first-order chi connectivity index (χ1) is 74.0. The van der Waals surface area contributed by atoms with Crippen LogP contribution in [0.5, 0.6) is 0 Å². The molecule has 27 aromatic rings. The van der Waals surface area contributed by atoms with Crippen molar-refractivity contribution in [2.75, 3.05) is 0 Å². The van der Waals surface area contributed by atoms with Crippen LogP contribution in [0.4, 0.5) is 22.7 Å². The minimum atomic E-state index is 0.515. The summed E-state index contributed by atoms with van der Waals surface area (Å²) in [6.45, 7) is 32.9. The van der Waals surface area contributed by atoms with Gasteiger partial charge in [0.25, 0.3) is 0 Å². The molecule has 150 heavy (non-hydrogen) atoms. The van der Waals surface area contributed by atoms with Crippen LogP contribution in [0.25, 0.3) is 251 Å². The smallest absolute Gasteiger partial charge is 0.211 e. The van der Waals surface area contributed by atoms with Crippen molar-refractivity contribution < 1.29 is 0 Å². The van der Waals surface area contributed by atoms with Crippen molar-refractivity contribution >= 4 is 154 Å². The van der Waals surface area contributed by atoms with E-state index >= 15 is 0 Å². The Balaban J connectivity index is 0.000000116. The van der Waals surface area contributed by atoms with Crippen LogP contribution in [-0.4, -0.2) is 27.4 Å². The second-order valence-electron chi connectivity index (χ2n) is 36.7. The molecular weight excluding hydrogens is 1830 g/mol. The van der Waals surface area contributed by atoms with Crippen molar-refractivity contribution in [1.29, 1.82) is 26.3 Å². The highest BCUT2D eigenvalue weighted by Crippen LogP contribution is 2.52. The minimum absolute atomic E-state index is 0.515. The summed E-state index contributed by atoms with van der Waals surface area (Å²) in [7, 11) is 0. The average Bonchev–Trinajstić information content (AvgIpc) is 1.46. The van der Waals surface area contributed by atoms with Crippen molar-refractivity contribution in [2.45, 2.75) is 0 Å². The van der Waals surface area contributed by atoms with Crippen LogP contribution in [-0.2, 0) is 0 Å². The first kappa shape index (κ1) is 89.2. The van der Waals surface area contributed by atoms with E-state index in [1.165, 1.54) is 0 Å². The maximum absolute atomic E-state index is 10.0. The van der Waals surface area contributed by atoms with Crippen LogP contribution >= 0.6 is 0 Å². The first-order valence-electron chi connectivity index (χ1n) is 48.8. The number of fused-ring (bicyclic) bond motifs is 18. The molecule has 0 N–H and O–H groups in total. The quantitative estimate of drug-likeness (QED) is 0.111. The third kappa shape index (κ3) is 14.7. The lowest BCUT2D eigenvalue weighted by molar-refractivity contribution is 1.18. The van der Waals surface area contributed by atoms with Crippen molar-refractivity contribution in [3.63, 3.8) is 0 Å². The van der Waals surface area contributed by atoms with Gasteiger partial charge in [0, 0.05) is 81.7 Å². The lowest BCUT2D eigenvalue weighted by Gasteiger charge is -2.20. The van der Waals surface area contributed by atoms with Gasteiger partial charge in [0.05, 0.1) is 168 Å². The molecule has 0 fully saturated rings. The van der Waals surface area contributed by atoms with Crippen molar-refractivity contribution in [2.24, 2.45) is 0 Å². The number of nitriles is 5. The molecule has 21 aromatic carbocycles. The van der Waals surface area contributed by atoms with Gasteiger partial charge in [-0.3, -0.25) is 0 Å². The Bertz CT molecular complexity index is 10500. The number of nitrogens with zero attached hydrogens (tertiary/aromatic N) is 15. The first-order valence-corrected chi connectivity index (χ1v) is 48.8. The minimum Gasteiger partial charge on any atom is -0.318 e. The molecule has 690 valence electrons. The fourth-order valence-corrected chi connectivity index (χ4v) is 22.4. The lowest BCUT2D eigenvalue weighted by Crippen LogP contribution is -1.99. The van der Waals surface area contributed by atoms with Crippen LogP contribution < -0.4 is 0 Å². The molecule has 0 aliphatic heterocycles. The van der Waals surface area contributed by atoms with Gasteiger partial charge in [0.15, 0.2) is 5.69 Å². The number of aromatic nitrogens is 6. The Hall–Kier alpha value is -22.2. The lowest BCUT2D eigenvalue weighted by atomic mass is 9.91. The summed E-state index contributed by atoms with van der Waals surface area (Å²) in [5.74, 6) is 0. The normalized spacial score (nSPS) is 11.1. The highest BCUT2D eigenvalue weighted by Gasteiger charge is 2.29. The molecule has 15 heteroatoms. The average molecular weight is 1910 g/mol. The molecule has 0 amide bonds. The van der Waals surface area contributed by atoms with Gasteiger partial charge in [-0.25, -0.2) is 19.4 Å². The van der Waals surface area contributed by atoms with Crippen molar-refractivity contribution in [1.82, 2.24) is 27.4 Å². The second-order valence-corrected chi connectivity index (χ2v) is 36.7. The number of benzene rings is 21. The van der Waals surface area contributed by atoms with E-state index in [1.807, 2.05) is 255 Å². The summed E-state index contributed by atoms with van der Waals surface area (Å²) >= 11 is 0. The number of rotatable bonds is 12. The molecule has 0 saturated carbocycles. The Kier molecular flexibility index (Phi) is 22.0. The van der Waals surface area contributed by atoms with E-state index in [4.69, 9.17) is 26.3 Å². The Morgan fingerprint density at radius 3 is 0.700 bits per heavy atom. The molecule has 0 atom stereocenters. The zero-order valence-corrected chi connectivity index (χ0v) is 80.0. The van der Waals surface area contributed by atoms with E-state index in [-0.39, 0.29) is 0 Å². The second kappa shape index (κ2) is 37.0. The molecule has 0 aliphatic carbocycles. The Morgan fingerprint density at radius 2 is 0.387 bits per heavy atom. The molecule has 0 bridgehead atoms. The molecule has 6 heterocycles. The zero-order valence-electron chi connectivity index (χ0n) is 80.0. The van der Waals surface area contributed by atoms with Gasteiger partial charge in [-0.15, -0.1) is 0 Å². The summed E-state index contributed by atoms with van der Waals surface area (Å²) in [5, 5.41) is 61.8. The van der Waals surface area contributed by atoms with Crippen molar-refractivity contribution in [3.05, 3.63) is 528 Å². The van der Waals surface area contributed by atoms with E-state index in [9.17, 15) is 26.3 Å². The predicted octanol–water partition coefficient (Wildman–Crippen LogP) is 35.2. The van der Waals surface area contributed by atoms with Gasteiger partial charge in [0.2, 0.25) is 17.1 Å². The van der Waals surface area contributed by atoms with Gasteiger partial charge in [-0.05, 0) is 237 Å². The molecule has 0 saturated heterocycles. The number of hydrogen-bond donors (Lipinski definition) is 0. The predicted molar refractivity (Wildman–Crippen MR) is 607 cm³/mol. The summed E-state index contributed by atoms with van der Waals surface area (Å²) < 4.78 is 13.3. The highest BCUT2D eigenvalue weighted by molar-refractivity contribution is 6.17. The van der Waals surface area contributed by atoms with Crippen LogP contribution in [0.2, 0.25) is 0 Å². The number of para-hydroxylation sites is 12. The van der Waals surface area contributed by atoms with Crippen molar-refractivity contribution in [3.8, 4) is 131 Å². The molecule has 0 aliphatic rings. The summed E-state index contributed by atoms with van der Waals surface area (Å²) in [5.41, 5.74) is 33.7. The third-order valence-corrected chi connectivity index (χ3v) is 28.8. The van der Waals surface area contributed by atoms with Gasteiger partial charge in [-0.1, -0.05) is 285 Å². The molecular formula is C135H75N15. The standard InChI is InChI=1S/3C45H25N5/c1-47-38-16-9-14-32(30-22-24-31(25-23-30)49-40-18-6-5-13-35(40)37-27-29(28-46)21-26-43(37)49)44(38)36-15-10-17-39(48-2)45(36)50-41-19-7-3-11-33(41)34-12-4-8-20-42(34)50;1-48-40-13-8-12-37(45(40)50-42-15-6-2-9-34(42)35-10-3-7-16-43(35)50)33-23-17-29(27-46)25-38(33)31-19-21-32(22-20-31)49-41-14-5-4-11-36(41)39-26-30(28-47)18-24-44(39)49;1-48-40-13-8-12-37(45(40)50-42-15-6-2-9-34(42)35-10-3-7-16-43(35)50)38-25-29(27-46)17-23-33(38)31-19-21-32(22-20-31)49-41-14-5-4-11-36(41)39-26-30(28-47)18-24-44(39)49/h3-27H;2*2-26H. The summed E-state index contributed by atoms with van der Waals surface area (Å²) in [4.78, 5) is 16.1. The molecule has 0 unspecified atom stereocenters. The largest absolute Gasteiger partial charge is 0.318 e. The molecule has 6 aromatic heterocycles. The van der Waals surface area contributed by atoms with E-state index in [0.29, 0.717) is 50.6 Å². The van der Waals surface area contributed by atoms with E-state index in [0.717, 1.165) is 232 Å². The molecule has 27 rings (SSSR count). The van der Waals surface area contributed by atoms with Gasteiger partial charge >= 0.3 is 0 Å². The van der Waals surface area contributed by atoms with Crippen LogP contribution in [0.15, 0.2) is 455 Å². The molecule has 0 radical (unpaired) electrons. The highest BCUT2D eigenvalue weighted by atomic mass is 15.0. The molecule has 15 nitrogen and oxygen atoms in total. The Labute approximate surface area is 861 Å². The zero-order chi connectivity index (χ0) is 101. The van der Waals surface area contributed by atoms with E-state index < -0.39 is 0 Å². The third-order valence-electron chi connectivity index (χ3n) is 28.8. The maximum Gasteiger partial charge on any atom is 0.211 e. The molecule has 0 spiro atoms. The summed E-state index contributed by atoms with van der Waals surface area (Å²) in [6.07, 6.45) is 0. The summed E-state index contributed by atoms with van der Waals surface area (Å²) in [6, 6.07) is 164. The van der Waals surface area contributed by atoms with Gasteiger partial charge in [-0.2, -0.15) is 26.3 Å². The monoisotopic (exact) mass is 1910 g/mol. The SMILES string of the molecule is [C-]#[N+]c1cccc(-c2cc(C#N)ccc2-c2ccc(-n3c4ccccc4c4cc(C#N)ccc43)cc2)c1-n1c2ccccc2c2ccccc21.[C-]#[N+]c1cccc(-c2ccc(-n3c4ccccc4c4cc(C#N)ccc43)cc2)c1-c1cccc([N+]#[C-])c1-n1c2ccccc2c2ccccc21.[C-]#[N+]c1cccc(-c2ccc(C#N)cc2-c2ccc(-n3c4ccccc4c4cc(C#N)ccc43)cc2)c1-n1c2ccccc2c2ccccc21. The Morgan fingerprint density at radius 1 is 0.160 bits per heavy atom. The van der Waals surface area contributed by atoms with Crippen LogP contribution in [0, 0.1) is 82.9 Å². The van der Waals surface area contributed by atoms with Crippen LogP contribution in [0.1, 0.15) is 27.8 Å². The fourth-order valence-electron chi connectivity index (χ4n) is 22.4. The van der Waals surface area contributed by atoms with Gasteiger partial charge < -0.3 is 27.4 Å². The maximum atomic E-state index is 10.0. The van der Waals surface area contributed by atoms with E-state index in [1.54, 1.807) is 0 Å². The van der Waals surface area contributed by atoms with Crippen LogP contribution in [0.3, 0.4) is 0 Å². The number of hydrogen-bond acceptors (Lipinski definition) is 5. The fraction of sp³-hybridized carbons (Fsp3) is 0.